The largest absolute Gasteiger partial charge is 0.271 e. The molecule has 3 aromatic rings. The Bertz CT molecular complexity index is 710. The Kier molecular flexibility index (Phi) is 4.24. The van der Waals surface area contributed by atoms with E-state index in [1.165, 1.54) is 11.1 Å². The molecule has 0 saturated carbocycles. The van der Waals surface area contributed by atoms with Gasteiger partial charge in [0.2, 0.25) is 0 Å². The standard InChI is InChI=1S/C18H19N3/c19-21-17(11-8-14-5-2-1-3-6-14)16-10-9-15-7-4-12-20-18(15)13-16/h1-7,9-10,12-13,17,21H,8,11,19H2. The first-order chi connectivity index (χ1) is 10.4. The Hall–Kier alpha value is -2.23. The Morgan fingerprint density at radius 3 is 2.67 bits per heavy atom. The molecule has 0 aliphatic carbocycles. The van der Waals surface area contributed by atoms with E-state index in [1.54, 1.807) is 0 Å². The first-order valence-electron chi connectivity index (χ1n) is 7.21. The van der Waals surface area contributed by atoms with E-state index in [4.69, 9.17) is 5.84 Å². The van der Waals surface area contributed by atoms with Crippen LogP contribution in [0.4, 0.5) is 0 Å². The molecule has 3 nitrogen and oxygen atoms in total. The van der Waals surface area contributed by atoms with Crippen LogP contribution in [-0.2, 0) is 6.42 Å². The predicted molar refractivity (Wildman–Crippen MR) is 86.6 cm³/mol. The average Bonchev–Trinajstić information content (AvgIpc) is 2.56. The number of pyridine rings is 1. The fourth-order valence-electron chi connectivity index (χ4n) is 2.60. The van der Waals surface area contributed by atoms with Gasteiger partial charge in [0.1, 0.15) is 0 Å². The zero-order valence-corrected chi connectivity index (χ0v) is 11.9. The van der Waals surface area contributed by atoms with Gasteiger partial charge >= 0.3 is 0 Å². The van der Waals surface area contributed by atoms with Crippen LogP contribution in [0.3, 0.4) is 0 Å². The fourth-order valence-corrected chi connectivity index (χ4v) is 2.60. The summed E-state index contributed by atoms with van der Waals surface area (Å²) in [6.45, 7) is 0. The van der Waals surface area contributed by atoms with Gasteiger partial charge in [-0.25, -0.2) is 0 Å². The van der Waals surface area contributed by atoms with Crippen molar-refractivity contribution < 1.29 is 0 Å². The summed E-state index contributed by atoms with van der Waals surface area (Å²) >= 11 is 0. The minimum absolute atomic E-state index is 0.136. The Morgan fingerprint density at radius 2 is 1.86 bits per heavy atom. The molecule has 0 saturated heterocycles. The third kappa shape index (κ3) is 3.27. The number of aryl methyl sites for hydroxylation is 1. The van der Waals surface area contributed by atoms with Crippen molar-refractivity contribution in [3.05, 3.63) is 78.0 Å². The lowest BCUT2D eigenvalue weighted by molar-refractivity contribution is 0.517. The summed E-state index contributed by atoms with van der Waals surface area (Å²) in [5, 5.41) is 1.15. The molecule has 21 heavy (non-hydrogen) atoms. The summed E-state index contributed by atoms with van der Waals surface area (Å²) in [6.07, 6.45) is 3.77. The van der Waals surface area contributed by atoms with Crippen molar-refractivity contribution in [2.24, 2.45) is 5.84 Å². The summed E-state index contributed by atoms with van der Waals surface area (Å²) in [5.41, 5.74) is 6.45. The van der Waals surface area contributed by atoms with Crippen LogP contribution < -0.4 is 11.3 Å². The van der Waals surface area contributed by atoms with Gasteiger partial charge in [-0.3, -0.25) is 16.3 Å². The highest BCUT2D eigenvalue weighted by atomic mass is 15.2. The van der Waals surface area contributed by atoms with Crippen LogP contribution in [0.5, 0.6) is 0 Å². The normalized spacial score (nSPS) is 12.4. The van der Waals surface area contributed by atoms with Crippen LogP contribution in [0, 0.1) is 0 Å². The van der Waals surface area contributed by atoms with Gasteiger partial charge in [-0.2, -0.15) is 0 Å². The molecule has 2 aromatic carbocycles. The minimum atomic E-state index is 0.136. The Labute approximate surface area is 124 Å². The predicted octanol–water partition coefficient (Wildman–Crippen LogP) is 3.37. The van der Waals surface area contributed by atoms with E-state index in [2.05, 4.69) is 58.9 Å². The summed E-state index contributed by atoms with van der Waals surface area (Å²) < 4.78 is 0. The summed E-state index contributed by atoms with van der Waals surface area (Å²) in [4.78, 5) is 4.41. The van der Waals surface area contributed by atoms with Crippen molar-refractivity contribution in [3.8, 4) is 0 Å². The maximum atomic E-state index is 5.74. The second-order valence-electron chi connectivity index (χ2n) is 5.20. The van der Waals surface area contributed by atoms with Crippen molar-refractivity contribution >= 4 is 10.9 Å². The smallest absolute Gasteiger partial charge is 0.0705 e. The van der Waals surface area contributed by atoms with Crippen molar-refractivity contribution in [2.45, 2.75) is 18.9 Å². The molecule has 1 unspecified atom stereocenters. The molecule has 1 aromatic heterocycles. The molecule has 0 aliphatic rings. The lowest BCUT2D eigenvalue weighted by Gasteiger charge is -2.16. The lowest BCUT2D eigenvalue weighted by atomic mass is 9.98. The fraction of sp³-hybridized carbons (Fsp3) is 0.167. The molecule has 0 fully saturated rings. The van der Waals surface area contributed by atoms with Gasteiger partial charge in [0.15, 0.2) is 0 Å². The van der Waals surface area contributed by atoms with Crippen LogP contribution in [0.15, 0.2) is 66.9 Å². The highest BCUT2D eigenvalue weighted by Crippen LogP contribution is 2.22. The number of nitrogens with zero attached hydrogens (tertiary/aromatic N) is 1. The maximum absolute atomic E-state index is 5.74. The molecule has 0 bridgehead atoms. The SMILES string of the molecule is NNC(CCc1ccccc1)c1ccc2cccnc2c1. The van der Waals surface area contributed by atoms with E-state index in [0.717, 1.165) is 23.7 Å². The molecule has 3 heteroatoms. The number of nitrogens with one attached hydrogen (secondary N) is 1. The van der Waals surface area contributed by atoms with Gasteiger partial charge in [0, 0.05) is 17.6 Å². The second kappa shape index (κ2) is 6.48. The Balaban J connectivity index is 1.78. The monoisotopic (exact) mass is 277 g/mol. The number of nitrogens with two attached hydrogens (primary N) is 1. The van der Waals surface area contributed by atoms with Crippen molar-refractivity contribution in [3.63, 3.8) is 0 Å². The number of hydrogen-bond donors (Lipinski definition) is 2. The molecular weight excluding hydrogens is 258 g/mol. The first-order valence-corrected chi connectivity index (χ1v) is 7.21. The quantitative estimate of drug-likeness (QED) is 0.555. The lowest BCUT2D eigenvalue weighted by Crippen LogP contribution is -2.28. The van der Waals surface area contributed by atoms with Gasteiger partial charge in [-0.1, -0.05) is 48.5 Å². The third-order valence-electron chi connectivity index (χ3n) is 3.80. The molecule has 0 amide bonds. The number of fused-ring (bicyclic) bond motifs is 1. The van der Waals surface area contributed by atoms with E-state index in [1.807, 2.05) is 18.3 Å². The Morgan fingerprint density at radius 1 is 1.00 bits per heavy atom. The maximum Gasteiger partial charge on any atom is 0.0705 e. The van der Waals surface area contributed by atoms with Gasteiger partial charge in [-0.05, 0) is 36.1 Å². The van der Waals surface area contributed by atoms with E-state index in [-0.39, 0.29) is 6.04 Å². The topological polar surface area (TPSA) is 50.9 Å². The van der Waals surface area contributed by atoms with Gasteiger partial charge in [-0.15, -0.1) is 0 Å². The van der Waals surface area contributed by atoms with Crippen molar-refractivity contribution in [2.75, 3.05) is 0 Å². The highest BCUT2D eigenvalue weighted by molar-refractivity contribution is 5.78. The van der Waals surface area contributed by atoms with Crippen molar-refractivity contribution in [1.29, 1.82) is 0 Å². The van der Waals surface area contributed by atoms with Gasteiger partial charge in [0.25, 0.3) is 0 Å². The first kappa shape index (κ1) is 13.7. The zero-order chi connectivity index (χ0) is 14.5. The molecular formula is C18H19N3. The van der Waals surface area contributed by atoms with Gasteiger partial charge < -0.3 is 0 Å². The second-order valence-corrected chi connectivity index (χ2v) is 5.20. The molecule has 0 spiro atoms. The van der Waals surface area contributed by atoms with Crippen LogP contribution in [-0.4, -0.2) is 4.98 Å². The third-order valence-corrected chi connectivity index (χ3v) is 3.80. The summed E-state index contributed by atoms with van der Waals surface area (Å²) in [6, 6.07) is 21.0. The van der Waals surface area contributed by atoms with E-state index in [0.29, 0.717) is 0 Å². The summed E-state index contributed by atoms with van der Waals surface area (Å²) in [5.74, 6) is 5.74. The van der Waals surface area contributed by atoms with Gasteiger partial charge in [0.05, 0.1) is 5.52 Å². The number of aromatic nitrogens is 1. The number of rotatable bonds is 5. The highest BCUT2D eigenvalue weighted by Gasteiger charge is 2.10. The van der Waals surface area contributed by atoms with E-state index in [9.17, 15) is 0 Å². The molecule has 3 N–H and O–H groups in total. The summed E-state index contributed by atoms with van der Waals surface area (Å²) in [7, 11) is 0. The number of hydrogen-bond acceptors (Lipinski definition) is 3. The molecule has 0 aliphatic heterocycles. The average molecular weight is 277 g/mol. The van der Waals surface area contributed by atoms with Crippen LogP contribution in [0.1, 0.15) is 23.6 Å². The molecule has 0 radical (unpaired) electrons. The van der Waals surface area contributed by atoms with Crippen molar-refractivity contribution in [1.82, 2.24) is 10.4 Å². The molecule has 106 valence electrons. The zero-order valence-electron chi connectivity index (χ0n) is 11.9. The van der Waals surface area contributed by atoms with Crippen LogP contribution in [0.25, 0.3) is 10.9 Å². The van der Waals surface area contributed by atoms with E-state index >= 15 is 0 Å². The number of hydrazine groups is 1. The number of benzene rings is 2. The van der Waals surface area contributed by atoms with Crippen LogP contribution >= 0.6 is 0 Å². The molecule has 1 atom stereocenters. The molecule has 1 heterocycles. The van der Waals surface area contributed by atoms with E-state index < -0.39 is 0 Å². The van der Waals surface area contributed by atoms with Crippen LogP contribution in [0.2, 0.25) is 0 Å². The minimum Gasteiger partial charge on any atom is -0.271 e. The molecule has 3 rings (SSSR count).